The number of carbonyl (C=O) groups excluding carboxylic acids is 1. The van der Waals surface area contributed by atoms with E-state index in [1.54, 1.807) is 0 Å². The number of fused-ring (bicyclic) bond motifs is 1. The molecule has 0 aliphatic carbocycles. The number of aromatic nitrogens is 1. The van der Waals surface area contributed by atoms with E-state index >= 15 is 0 Å². The fourth-order valence-electron chi connectivity index (χ4n) is 5.64. The number of likely N-dealkylation sites (tertiary alicyclic amines) is 1. The molecule has 0 spiro atoms. The van der Waals surface area contributed by atoms with E-state index in [1.165, 1.54) is 5.56 Å². The number of halogens is 1. The Kier molecular flexibility index (Phi) is 8.99. The van der Waals surface area contributed by atoms with Gasteiger partial charge in [-0.3, -0.25) is 9.69 Å². The molecule has 212 valence electrons. The molecule has 3 aromatic rings. The van der Waals surface area contributed by atoms with Gasteiger partial charge in [0, 0.05) is 59.2 Å². The van der Waals surface area contributed by atoms with Gasteiger partial charge in [-0.1, -0.05) is 58.4 Å². The quantitative estimate of drug-likeness (QED) is 0.334. The molecule has 0 radical (unpaired) electrons. The third-order valence-electron chi connectivity index (χ3n) is 7.48. The standard InChI is InChI=1S/C31H37BrN4O3S/c1-31(2,3)40(39)36-19-23-17-26(30(38)33-25-12-14-35(20-25)18-21-8-5-4-6-9-21)34-29(28(23)27(36)13-15-37)22-10-7-11-24(32)16-22/h4-11,16-17,25,27,37H,12-15,18-20H2,1-3H3,(H,33,38). The average molecular weight is 626 g/mol. The monoisotopic (exact) mass is 624 g/mol. The van der Waals surface area contributed by atoms with Gasteiger partial charge in [0.2, 0.25) is 0 Å². The van der Waals surface area contributed by atoms with E-state index in [-0.39, 0.29) is 24.6 Å². The third-order valence-corrected chi connectivity index (χ3v) is 9.83. The molecule has 3 atom stereocenters. The molecule has 0 bridgehead atoms. The van der Waals surface area contributed by atoms with Crippen LogP contribution in [0, 0.1) is 0 Å². The Balaban J connectivity index is 1.43. The van der Waals surface area contributed by atoms with Crippen LogP contribution in [0.2, 0.25) is 0 Å². The Labute approximate surface area is 248 Å². The molecule has 7 nitrogen and oxygen atoms in total. The minimum atomic E-state index is -1.30. The molecule has 1 amide bonds. The number of hydrogen-bond donors (Lipinski definition) is 2. The molecule has 1 saturated heterocycles. The summed E-state index contributed by atoms with van der Waals surface area (Å²) in [6, 6.07) is 19.9. The molecule has 3 unspecified atom stereocenters. The lowest BCUT2D eigenvalue weighted by Crippen LogP contribution is -2.42. The fourth-order valence-corrected chi connectivity index (χ4v) is 7.44. The van der Waals surface area contributed by atoms with Crippen LogP contribution in [0.15, 0.2) is 65.1 Å². The van der Waals surface area contributed by atoms with Crippen LogP contribution in [0.4, 0.5) is 0 Å². The van der Waals surface area contributed by atoms with E-state index in [9.17, 15) is 14.5 Å². The van der Waals surface area contributed by atoms with Crippen molar-refractivity contribution in [3.63, 3.8) is 0 Å². The number of nitrogens with one attached hydrogen (secondary N) is 1. The lowest BCUT2D eigenvalue weighted by molar-refractivity contribution is 0.0932. The van der Waals surface area contributed by atoms with Crippen molar-refractivity contribution in [3.8, 4) is 11.3 Å². The first-order chi connectivity index (χ1) is 19.1. The number of carbonyl (C=O) groups is 1. The summed E-state index contributed by atoms with van der Waals surface area (Å²) in [5.74, 6) is -0.195. The smallest absolute Gasteiger partial charge is 0.270 e. The maximum atomic E-state index is 13.6. The topological polar surface area (TPSA) is 91.8 Å². The number of nitrogens with zero attached hydrogens (tertiary/aromatic N) is 3. The summed E-state index contributed by atoms with van der Waals surface area (Å²) >= 11 is 2.27. The van der Waals surface area contributed by atoms with Crippen LogP contribution in [0.25, 0.3) is 11.3 Å². The van der Waals surface area contributed by atoms with Crippen LogP contribution in [0.3, 0.4) is 0 Å². The van der Waals surface area contributed by atoms with Crippen molar-refractivity contribution < 1.29 is 14.5 Å². The maximum absolute atomic E-state index is 13.6. The van der Waals surface area contributed by atoms with Crippen molar-refractivity contribution in [2.24, 2.45) is 0 Å². The van der Waals surface area contributed by atoms with E-state index in [4.69, 9.17) is 4.98 Å². The molecule has 2 aliphatic heterocycles. The summed E-state index contributed by atoms with van der Waals surface area (Å²) in [4.78, 5) is 20.9. The number of pyridine rings is 1. The first-order valence-corrected chi connectivity index (χ1v) is 15.7. The molecule has 5 rings (SSSR count). The summed E-state index contributed by atoms with van der Waals surface area (Å²) in [6.45, 7) is 8.85. The molecular weight excluding hydrogens is 588 g/mol. The van der Waals surface area contributed by atoms with E-state index < -0.39 is 16.1 Å². The summed E-state index contributed by atoms with van der Waals surface area (Å²) in [5.41, 5.74) is 5.08. The van der Waals surface area contributed by atoms with Crippen LogP contribution >= 0.6 is 15.9 Å². The zero-order valence-corrected chi connectivity index (χ0v) is 25.7. The number of benzene rings is 2. The molecule has 40 heavy (non-hydrogen) atoms. The van der Waals surface area contributed by atoms with Crippen LogP contribution in [0.1, 0.15) is 66.8 Å². The summed E-state index contributed by atoms with van der Waals surface area (Å²) < 4.78 is 16.0. The van der Waals surface area contributed by atoms with Gasteiger partial charge in [-0.15, -0.1) is 4.31 Å². The van der Waals surface area contributed by atoms with Crippen LogP contribution in [0.5, 0.6) is 0 Å². The highest BCUT2D eigenvalue weighted by Crippen LogP contribution is 2.45. The fraction of sp³-hybridized carbons (Fsp3) is 0.419. The van der Waals surface area contributed by atoms with Gasteiger partial charge in [0.15, 0.2) is 0 Å². The van der Waals surface area contributed by atoms with Crippen molar-refractivity contribution in [2.45, 2.75) is 63.5 Å². The van der Waals surface area contributed by atoms with E-state index in [2.05, 4.69) is 50.4 Å². The lowest BCUT2D eigenvalue weighted by Gasteiger charge is -2.33. The molecule has 0 saturated carbocycles. The molecule has 2 aromatic carbocycles. The number of aliphatic hydroxyl groups excluding tert-OH is 1. The van der Waals surface area contributed by atoms with Crippen LogP contribution < -0.4 is 5.32 Å². The summed E-state index contributed by atoms with van der Waals surface area (Å²) in [7, 11) is 0. The molecule has 2 N–H and O–H groups in total. The predicted molar refractivity (Wildman–Crippen MR) is 163 cm³/mol. The maximum Gasteiger partial charge on any atom is 0.270 e. The van der Waals surface area contributed by atoms with E-state index in [1.807, 2.05) is 61.5 Å². The second-order valence-electron chi connectivity index (χ2n) is 11.6. The van der Waals surface area contributed by atoms with Crippen LogP contribution in [-0.4, -0.2) is 60.2 Å². The predicted octanol–water partition coefficient (Wildman–Crippen LogP) is 5.22. The molecular formula is C31H37BrN4O3S. The van der Waals surface area contributed by atoms with E-state index in [0.717, 1.165) is 47.2 Å². The average Bonchev–Trinajstić information content (AvgIpc) is 3.52. The van der Waals surface area contributed by atoms with Gasteiger partial charge in [-0.2, -0.15) is 0 Å². The minimum Gasteiger partial charge on any atom is -0.597 e. The number of hydrogen-bond acceptors (Lipinski definition) is 6. The molecule has 2 aliphatic rings. The summed E-state index contributed by atoms with van der Waals surface area (Å²) in [5, 5.41) is 13.2. The van der Waals surface area contributed by atoms with Gasteiger partial charge < -0.3 is 15.0 Å². The van der Waals surface area contributed by atoms with Gasteiger partial charge >= 0.3 is 0 Å². The number of amides is 1. The number of aliphatic hydroxyl groups is 1. The minimum absolute atomic E-state index is 0.0384. The molecule has 3 heterocycles. The van der Waals surface area contributed by atoms with Crippen LogP contribution in [-0.2, 0) is 24.5 Å². The molecule has 1 aromatic heterocycles. The van der Waals surface area contributed by atoms with Gasteiger partial charge in [-0.05, 0) is 62.9 Å². The molecule has 9 heteroatoms. The van der Waals surface area contributed by atoms with Gasteiger partial charge in [0.05, 0.1) is 18.3 Å². The van der Waals surface area contributed by atoms with E-state index in [0.29, 0.717) is 24.4 Å². The van der Waals surface area contributed by atoms with Gasteiger partial charge in [0.1, 0.15) is 10.4 Å². The van der Waals surface area contributed by atoms with Crippen molar-refractivity contribution in [3.05, 3.63) is 87.5 Å². The van der Waals surface area contributed by atoms with Crippen molar-refractivity contribution in [2.75, 3.05) is 19.7 Å². The van der Waals surface area contributed by atoms with Gasteiger partial charge in [-0.25, -0.2) is 4.98 Å². The zero-order chi connectivity index (χ0) is 28.4. The Morgan fingerprint density at radius 3 is 2.65 bits per heavy atom. The Morgan fingerprint density at radius 1 is 1.18 bits per heavy atom. The second-order valence-corrected chi connectivity index (χ2v) is 14.7. The van der Waals surface area contributed by atoms with Crippen molar-refractivity contribution in [1.82, 2.24) is 19.5 Å². The zero-order valence-electron chi connectivity index (χ0n) is 23.3. The Morgan fingerprint density at radius 2 is 1.95 bits per heavy atom. The highest BCUT2D eigenvalue weighted by Gasteiger charge is 2.45. The first-order valence-electron chi connectivity index (χ1n) is 13.8. The highest BCUT2D eigenvalue weighted by molar-refractivity contribution is 9.10. The summed E-state index contributed by atoms with van der Waals surface area (Å²) in [6.07, 6.45) is 1.32. The number of rotatable bonds is 8. The van der Waals surface area contributed by atoms with Gasteiger partial charge in [0.25, 0.3) is 5.91 Å². The van der Waals surface area contributed by atoms with Crippen molar-refractivity contribution >= 4 is 33.2 Å². The normalized spacial score (nSPS) is 20.4. The largest absolute Gasteiger partial charge is 0.597 e. The lowest BCUT2D eigenvalue weighted by atomic mass is 9.96. The highest BCUT2D eigenvalue weighted by atomic mass is 79.9. The Hall–Kier alpha value is -2.27. The van der Waals surface area contributed by atoms with Crippen molar-refractivity contribution in [1.29, 1.82) is 0 Å². The SMILES string of the molecule is CC(C)(C)[S+]([O-])N1Cc2cc(C(=O)NC3CCN(Cc4ccccc4)C3)nc(-c3cccc(Br)c3)c2C1CCO. The molecule has 1 fully saturated rings. The first kappa shape index (κ1) is 29.2. The second kappa shape index (κ2) is 12.3. The Bertz CT molecular complexity index is 1350. The third kappa shape index (κ3) is 6.45.